The number of nitrogens with one attached hydrogen (secondary N) is 2. The summed E-state index contributed by atoms with van der Waals surface area (Å²) in [5, 5.41) is 15.7. The summed E-state index contributed by atoms with van der Waals surface area (Å²) >= 11 is 0. The molecule has 1 aromatic carbocycles. The van der Waals surface area contributed by atoms with Gasteiger partial charge in [0.15, 0.2) is 5.82 Å². The molecular weight excluding hydrogens is 522 g/mol. The van der Waals surface area contributed by atoms with Crippen LogP contribution in [0.2, 0.25) is 0 Å². The van der Waals surface area contributed by atoms with E-state index in [4.69, 9.17) is 0 Å². The number of aromatic amines is 1. The van der Waals surface area contributed by atoms with E-state index in [1.165, 1.54) is 19.3 Å². The molecule has 2 aromatic heterocycles. The fourth-order valence-electron chi connectivity index (χ4n) is 2.96. The SMILES string of the molecule is CCS(=O)(=O)N(CC(Nc1ncc(-c2nnn[nH]2)cn1)c1ccc(OC(F)(F)F)cc1)CC(F)(F)F. The van der Waals surface area contributed by atoms with Gasteiger partial charge >= 0.3 is 12.5 Å². The summed E-state index contributed by atoms with van der Waals surface area (Å²) < 4.78 is 106. The second-order valence-corrected chi connectivity index (χ2v) is 9.42. The van der Waals surface area contributed by atoms with Crippen LogP contribution in [0, 0.1) is 0 Å². The molecule has 0 saturated heterocycles. The largest absolute Gasteiger partial charge is 0.573 e. The van der Waals surface area contributed by atoms with Gasteiger partial charge in [-0.05, 0) is 35.0 Å². The highest BCUT2D eigenvalue weighted by Crippen LogP contribution is 2.28. The molecule has 3 aromatic rings. The van der Waals surface area contributed by atoms with Gasteiger partial charge in [0.2, 0.25) is 16.0 Å². The van der Waals surface area contributed by atoms with Crippen LogP contribution in [0.25, 0.3) is 11.4 Å². The number of rotatable bonds is 10. The summed E-state index contributed by atoms with van der Waals surface area (Å²) in [5.41, 5.74) is 0.526. The van der Waals surface area contributed by atoms with Crippen molar-refractivity contribution < 1.29 is 39.5 Å². The number of hydrogen-bond acceptors (Lipinski definition) is 9. The van der Waals surface area contributed by atoms with Gasteiger partial charge in [0, 0.05) is 18.9 Å². The van der Waals surface area contributed by atoms with E-state index in [0.29, 0.717) is 5.56 Å². The molecule has 2 heterocycles. The number of halogens is 6. The Morgan fingerprint density at radius 3 is 2.22 bits per heavy atom. The average Bonchev–Trinajstić information content (AvgIpc) is 3.32. The quantitative estimate of drug-likeness (QED) is 0.372. The molecule has 0 aliphatic rings. The van der Waals surface area contributed by atoms with E-state index in [9.17, 15) is 34.8 Å². The van der Waals surface area contributed by atoms with E-state index in [0.717, 1.165) is 24.3 Å². The predicted molar refractivity (Wildman–Crippen MR) is 112 cm³/mol. The smallest absolute Gasteiger partial charge is 0.406 e. The Morgan fingerprint density at radius 2 is 1.72 bits per heavy atom. The molecule has 3 rings (SSSR count). The summed E-state index contributed by atoms with van der Waals surface area (Å²) in [7, 11) is -4.32. The molecule has 0 aliphatic heterocycles. The summed E-state index contributed by atoms with van der Waals surface area (Å²) in [4.78, 5) is 8.06. The van der Waals surface area contributed by atoms with Gasteiger partial charge in [-0.1, -0.05) is 12.1 Å². The van der Waals surface area contributed by atoms with Gasteiger partial charge in [-0.3, -0.25) is 0 Å². The molecule has 0 radical (unpaired) electrons. The van der Waals surface area contributed by atoms with E-state index >= 15 is 0 Å². The standard InChI is InChI=1S/C18H18F6N8O3S/c1-2-36(33,34)32(10-17(19,20)21)9-14(11-3-5-13(6-4-11)35-18(22,23)24)27-16-25-7-12(8-26-16)15-28-30-31-29-15/h3-8,14H,2,9-10H2,1H3,(H,25,26,27)(H,28,29,30,31). The second kappa shape index (κ2) is 10.6. The van der Waals surface area contributed by atoms with Gasteiger partial charge in [-0.25, -0.2) is 23.5 Å². The van der Waals surface area contributed by atoms with Crippen molar-refractivity contribution in [2.24, 2.45) is 0 Å². The normalized spacial score (nSPS) is 13.6. The minimum Gasteiger partial charge on any atom is -0.406 e. The van der Waals surface area contributed by atoms with Crippen LogP contribution in [0.5, 0.6) is 5.75 Å². The Kier molecular flexibility index (Phi) is 7.97. The molecule has 18 heteroatoms. The van der Waals surface area contributed by atoms with Crippen LogP contribution in [0.1, 0.15) is 18.5 Å². The summed E-state index contributed by atoms with van der Waals surface area (Å²) in [5.74, 6) is -1.04. The lowest BCUT2D eigenvalue weighted by atomic mass is 10.1. The highest BCUT2D eigenvalue weighted by atomic mass is 32.2. The maximum absolute atomic E-state index is 13.1. The Balaban J connectivity index is 1.92. The van der Waals surface area contributed by atoms with E-state index < -0.39 is 53.2 Å². The lowest BCUT2D eigenvalue weighted by Crippen LogP contribution is -2.43. The van der Waals surface area contributed by atoms with Crippen LogP contribution in [-0.2, 0) is 10.0 Å². The molecule has 11 nitrogen and oxygen atoms in total. The van der Waals surface area contributed by atoms with Gasteiger partial charge in [-0.2, -0.15) is 17.5 Å². The highest BCUT2D eigenvalue weighted by Gasteiger charge is 2.37. The Hall–Kier alpha value is -3.54. The fourth-order valence-corrected chi connectivity index (χ4v) is 4.05. The summed E-state index contributed by atoms with van der Waals surface area (Å²) in [6.07, 6.45) is -7.21. The van der Waals surface area contributed by atoms with Gasteiger partial charge < -0.3 is 10.1 Å². The van der Waals surface area contributed by atoms with Crippen LogP contribution >= 0.6 is 0 Å². The first-order valence-corrected chi connectivity index (χ1v) is 11.6. The van der Waals surface area contributed by atoms with Gasteiger partial charge in [0.1, 0.15) is 12.3 Å². The highest BCUT2D eigenvalue weighted by molar-refractivity contribution is 7.89. The lowest BCUT2D eigenvalue weighted by Gasteiger charge is -2.28. The van der Waals surface area contributed by atoms with Crippen molar-refractivity contribution in [1.82, 2.24) is 34.9 Å². The molecule has 2 N–H and O–H groups in total. The lowest BCUT2D eigenvalue weighted by molar-refractivity contribution is -0.274. The summed E-state index contributed by atoms with van der Waals surface area (Å²) in [6, 6.07) is 3.00. The fraction of sp³-hybridized carbons (Fsp3) is 0.389. The molecule has 1 atom stereocenters. The predicted octanol–water partition coefficient (Wildman–Crippen LogP) is 2.92. The molecular formula is C18H18F6N8O3S. The van der Waals surface area contributed by atoms with Crippen molar-refractivity contribution in [2.45, 2.75) is 25.5 Å². The van der Waals surface area contributed by atoms with Crippen LogP contribution < -0.4 is 10.1 Å². The monoisotopic (exact) mass is 540 g/mol. The first-order chi connectivity index (χ1) is 16.8. The first-order valence-electron chi connectivity index (χ1n) is 9.98. The number of anilines is 1. The number of nitrogens with zero attached hydrogens (tertiary/aromatic N) is 6. The number of benzene rings is 1. The minimum absolute atomic E-state index is 0.104. The third-order valence-corrected chi connectivity index (χ3v) is 6.38. The van der Waals surface area contributed by atoms with Crippen molar-refractivity contribution in [3.8, 4) is 17.1 Å². The topological polar surface area (TPSA) is 139 Å². The second-order valence-electron chi connectivity index (χ2n) is 7.17. The van der Waals surface area contributed by atoms with E-state index in [2.05, 4.69) is 40.6 Å². The molecule has 196 valence electrons. The zero-order chi connectivity index (χ0) is 26.6. The molecule has 0 spiro atoms. The number of H-pyrrole nitrogens is 1. The molecule has 36 heavy (non-hydrogen) atoms. The number of sulfonamides is 1. The maximum atomic E-state index is 13.1. The minimum atomic E-state index is -4.95. The van der Waals surface area contributed by atoms with Crippen LogP contribution in [0.15, 0.2) is 36.7 Å². The van der Waals surface area contributed by atoms with Gasteiger partial charge in [-0.15, -0.1) is 18.3 Å². The van der Waals surface area contributed by atoms with E-state index in [1.54, 1.807) is 0 Å². The number of aromatic nitrogens is 6. The molecule has 0 aliphatic carbocycles. The molecule has 0 bridgehead atoms. The van der Waals surface area contributed by atoms with Crippen molar-refractivity contribution in [2.75, 3.05) is 24.2 Å². The number of ether oxygens (including phenoxy) is 1. The van der Waals surface area contributed by atoms with Crippen LogP contribution in [0.3, 0.4) is 0 Å². The Labute approximate surface area is 199 Å². The average molecular weight is 540 g/mol. The van der Waals surface area contributed by atoms with Crippen LogP contribution in [-0.4, -0.2) is 74.7 Å². The number of hydrogen-bond donors (Lipinski definition) is 2. The molecule has 0 saturated carbocycles. The Morgan fingerprint density at radius 1 is 1.08 bits per heavy atom. The molecule has 1 unspecified atom stereocenters. The molecule has 0 amide bonds. The van der Waals surface area contributed by atoms with Crippen molar-refractivity contribution >= 4 is 16.0 Å². The number of tetrazole rings is 1. The zero-order valence-corrected chi connectivity index (χ0v) is 19.1. The zero-order valence-electron chi connectivity index (χ0n) is 18.2. The van der Waals surface area contributed by atoms with Crippen molar-refractivity contribution in [3.63, 3.8) is 0 Å². The van der Waals surface area contributed by atoms with Gasteiger partial charge in [0.25, 0.3) is 0 Å². The van der Waals surface area contributed by atoms with E-state index in [1.807, 2.05) is 0 Å². The van der Waals surface area contributed by atoms with Crippen LogP contribution in [0.4, 0.5) is 32.3 Å². The van der Waals surface area contributed by atoms with Gasteiger partial charge in [0.05, 0.1) is 17.4 Å². The summed E-state index contributed by atoms with van der Waals surface area (Å²) in [6.45, 7) is -1.31. The first kappa shape index (κ1) is 27.1. The Bertz CT molecular complexity index is 1220. The van der Waals surface area contributed by atoms with Crippen molar-refractivity contribution in [1.29, 1.82) is 0 Å². The maximum Gasteiger partial charge on any atom is 0.573 e. The molecule has 0 fully saturated rings. The number of alkyl halides is 6. The van der Waals surface area contributed by atoms with Crippen molar-refractivity contribution in [3.05, 3.63) is 42.2 Å². The van der Waals surface area contributed by atoms with E-state index in [-0.39, 0.29) is 21.6 Å². The third-order valence-electron chi connectivity index (χ3n) is 4.59. The third kappa shape index (κ3) is 7.74.